The molecule has 0 atom stereocenters. The summed E-state index contributed by atoms with van der Waals surface area (Å²) in [5.41, 5.74) is 0.310. The monoisotopic (exact) mass is 329 g/mol. The summed E-state index contributed by atoms with van der Waals surface area (Å²) in [5.74, 6) is -1.26. The number of carbonyl (C=O) groups is 2. The number of carbonyl (C=O) groups excluding carboxylic acids is 1. The lowest BCUT2D eigenvalue weighted by Crippen LogP contribution is -2.49. The quantitative estimate of drug-likeness (QED) is 0.834. The topological polar surface area (TPSA) is 99.9 Å². The molecule has 1 aromatic rings. The molecule has 1 aliphatic heterocycles. The molecule has 1 saturated heterocycles. The van der Waals surface area contributed by atoms with Crippen LogP contribution in [0.1, 0.15) is 23.1 Å². The molecule has 8 nitrogen and oxygen atoms in total. The van der Waals surface area contributed by atoms with Crippen LogP contribution in [0.25, 0.3) is 0 Å². The third-order valence-corrected chi connectivity index (χ3v) is 6.02. The maximum Gasteiger partial charge on any atom is 0.352 e. The average molecular weight is 329 g/mol. The molecular weight excluding hydrogens is 310 g/mol. The minimum absolute atomic E-state index is 0.00340. The first-order valence-electron chi connectivity index (χ1n) is 6.81. The summed E-state index contributed by atoms with van der Waals surface area (Å²) in [5, 5.41) is 9.10. The van der Waals surface area contributed by atoms with Crippen molar-refractivity contribution in [3.05, 3.63) is 17.5 Å². The predicted molar refractivity (Wildman–Crippen MR) is 78.1 cm³/mol. The summed E-state index contributed by atoms with van der Waals surface area (Å²) in [4.78, 5) is 24.0. The maximum absolute atomic E-state index is 12.7. The Morgan fingerprint density at radius 2 is 1.73 bits per heavy atom. The summed E-state index contributed by atoms with van der Waals surface area (Å²) >= 11 is 0. The van der Waals surface area contributed by atoms with Gasteiger partial charge in [-0.1, -0.05) is 0 Å². The van der Waals surface area contributed by atoms with E-state index in [-0.39, 0.29) is 29.6 Å². The van der Waals surface area contributed by atoms with Crippen LogP contribution >= 0.6 is 0 Å². The Labute approximate surface area is 129 Å². The smallest absolute Gasteiger partial charge is 0.352 e. The van der Waals surface area contributed by atoms with Gasteiger partial charge in [-0.2, -0.15) is 4.31 Å². The molecule has 22 heavy (non-hydrogen) atoms. The second-order valence-corrected chi connectivity index (χ2v) is 7.16. The van der Waals surface area contributed by atoms with Crippen molar-refractivity contribution < 1.29 is 23.1 Å². The zero-order chi connectivity index (χ0) is 16.7. The Bertz CT molecular complexity index is 714. The van der Waals surface area contributed by atoms with E-state index < -0.39 is 16.0 Å². The van der Waals surface area contributed by atoms with Gasteiger partial charge in [0, 0.05) is 45.8 Å². The van der Waals surface area contributed by atoms with Crippen LogP contribution in [-0.2, 0) is 21.9 Å². The lowest BCUT2D eigenvalue weighted by Gasteiger charge is -2.33. The first kappa shape index (κ1) is 16.5. The standard InChI is InChI=1S/C13H19N3O5S/c1-9-12(8-11(13(18)19)14(9)3)22(20,21)16-6-4-15(5-7-16)10(2)17/h8H,4-7H2,1-3H3,(H,18,19). The Kier molecular flexibility index (Phi) is 4.30. The second kappa shape index (κ2) is 5.73. The molecule has 1 fully saturated rings. The normalized spacial score (nSPS) is 16.8. The number of sulfonamides is 1. The summed E-state index contributed by atoms with van der Waals surface area (Å²) in [7, 11) is -2.25. The van der Waals surface area contributed by atoms with Crippen molar-refractivity contribution in [2.24, 2.45) is 7.05 Å². The number of nitrogens with zero attached hydrogens (tertiary/aromatic N) is 3. The van der Waals surface area contributed by atoms with Crippen LogP contribution in [-0.4, -0.2) is 65.4 Å². The SMILES string of the molecule is CC(=O)N1CCN(S(=O)(=O)c2cc(C(=O)O)n(C)c2C)CC1. The zero-order valence-corrected chi connectivity index (χ0v) is 13.6. The van der Waals surface area contributed by atoms with Crippen molar-refractivity contribution in [2.45, 2.75) is 18.7 Å². The van der Waals surface area contributed by atoms with E-state index in [0.29, 0.717) is 18.8 Å². The van der Waals surface area contributed by atoms with Gasteiger partial charge >= 0.3 is 5.97 Å². The highest BCUT2D eigenvalue weighted by molar-refractivity contribution is 7.89. The molecule has 0 bridgehead atoms. The Morgan fingerprint density at radius 1 is 1.18 bits per heavy atom. The van der Waals surface area contributed by atoms with Gasteiger partial charge in [0.25, 0.3) is 0 Å². The molecule has 0 saturated carbocycles. The molecule has 2 heterocycles. The van der Waals surface area contributed by atoms with E-state index in [1.54, 1.807) is 11.8 Å². The van der Waals surface area contributed by atoms with E-state index in [2.05, 4.69) is 0 Å². The van der Waals surface area contributed by atoms with Crippen molar-refractivity contribution in [3.63, 3.8) is 0 Å². The molecule has 0 unspecified atom stereocenters. The fourth-order valence-electron chi connectivity index (χ4n) is 2.52. The summed E-state index contributed by atoms with van der Waals surface area (Å²) < 4.78 is 28.0. The molecule has 122 valence electrons. The number of aromatic carboxylic acids is 1. The molecule has 0 aromatic carbocycles. The van der Waals surface area contributed by atoms with Crippen LogP contribution in [0.4, 0.5) is 0 Å². The molecule has 0 radical (unpaired) electrons. The molecule has 1 aliphatic rings. The largest absolute Gasteiger partial charge is 0.477 e. The Morgan fingerprint density at radius 3 is 2.14 bits per heavy atom. The van der Waals surface area contributed by atoms with Gasteiger partial charge in [-0.15, -0.1) is 0 Å². The van der Waals surface area contributed by atoms with Crippen LogP contribution < -0.4 is 0 Å². The molecule has 0 aliphatic carbocycles. The predicted octanol–water partition coefficient (Wildman–Crippen LogP) is -0.115. The van der Waals surface area contributed by atoms with Gasteiger partial charge in [-0.3, -0.25) is 4.79 Å². The lowest BCUT2D eigenvalue weighted by molar-refractivity contribution is -0.129. The van der Waals surface area contributed by atoms with E-state index in [0.717, 1.165) is 0 Å². The van der Waals surface area contributed by atoms with E-state index in [1.807, 2.05) is 0 Å². The molecule has 1 N–H and O–H groups in total. The lowest BCUT2D eigenvalue weighted by atomic mass is 10.3. The van der Waals surface area contributed by atoms with Crippen molar-refractivity contribution in [1.29, 1.82) is 0 Å². The highest BCUT2D eigenvalue weighted by atomic mass is 32.2. The van der Waals surface area contributed by atoms with Crippen molar-refractivity contribution in [3.8, 4) is 0 Å². The Balaban J connectivity index is 2.31. The minimum atomic E-state index is -3.77. The number of hydrogen-bond acceptors (Lipinski definition) is 4. The summed E-state index contributed by atoms with van der Waals surface area (Å²) in [6.45, 7) is 4.12. The van der Waals surface area contributed by atoms with Gasteiger partial charge in [0.05, 0.1) is 0 Å². The highest BCUT2D eigenvalue weighted by Crippen LogP contribution is 2.24. The molecule has 0 spiro atoms. The van der Waals surface area contributed by atoms with Gasteiger partial charge in [0.2, 0.25) is 15.9 Å². The summed E-state index contributed by atoms with van der Waals surface area (Å²) in [6, 6.07) is 1.18. The van der Waals surface area contributed by atoms with E-state index in [4.69, 9.17) is 5.11 Å². The van der Waals surface area contributed by atoms with Crippen LogP contribution in [0.2, 0.25) is 0 Å². The van der Waals surface area contributed by atoms with Crippen molar-refractivity contribution in [1.82, 2.24) is 13.8 Å². The molecule has 1 aromatic heterocycles. The highest BCUT2D eigenvalue weighted by Gasteiger charge is 2.32. The second-order valence-electron chi connectivity index (χ2n) is 5.25. The number of aromatic nitrogens is 1. The van der Waals surface area contributed by atoms with Crippen LogP contribution in [0.5, 0.6) is 0 Å². The number of rotatable bonds is 3. The van der Waals surface area contributed by atoms with Crippen LogP contribution in [0, 0.1) is 6.92 Å². The average Bonchev–Trinajstić information content (AvgIpc) is 2.76. The molecule has 2 rings (SSSR count). The zero-order valence-electron chi connectivity index (χ0n) is 12.7. The van der Waals surface area contributed by atoms with Gasteiger partial charge in [-0.05, 0) is 13.0 Å². The number of piperazine rings is 1. The van der Waals surface area contributed by atoms with Crippen LogP contribution in [0.15, 0.2) is 11.0 Å². The van der Waals surface area contributed by atoms with E-state index in [1.165, 1.54) is 28.9 Å². The molecule has 9 heteroatoms. The van der Waals surface area contributed by atoms with Gasteiger partial charge in [0.15, 0.2) is 0 Å². The molecular formula is C13H19N3O5S. The third-order valence-electron chi connectivity index (χ3n) is 4.01. The fourth-order valence-corrected chi connectivity index (χ4v) is 4.21. The minimum Gasteiger partial charge on any atom is -0.477 e. The first-order chi connectivity index (χ1) is 10.2. The van der Waals surface area contributed by atoms with Crippen LogP contribution in [0.3, 0.4) is 0 Å². The van der Waals surface area contributed by atoms with Gasteiger partial charge < -0.3 is 14.6 Å². The fraction of sp³-hybridized carbons (Fsp3) is 0.538. The van der Waals surface area contributed by atoms with E-state index >= 15 is 0 Å². The van der Waals surface area contributed by atoms with E-state index in [9.17, 15) is 18.0 Å². The van der Waals surface area contributed by atoms with Gasteiger partial charge in [0.1, 0.15) is 10.6 Å². The number of carboxylic acid groups (broad SMARTS) is 1. The van der Waals surface area contributed by atoms with Crippen molar-refractivity contribution in [2.75, 3.05) is 26.2 Å². The Hall–Kier alpha value is -1.87. The summed E-state index contributed by atoms with van der Waals surface area (Å²) in [6.07, 6.45) is 0. The maximum atomic E-state index is 12.7. The first-order valence-corrected chi connectivity index (χ1v) is 8.25. The third kappa shape index (κ3) is 2.73. The van der Waals surface area contributed by atoms with Gasteiger partial charge in [-0.25, -0.2) is 13.2 Å². The number of hydrogen-bond donors (Lipinski definition) is 1. The van der Waals surface area contributed by atoms with Crippen molar-refractivity contribution >= 4 is 21.9 Å². The molecule has 1 amide bonds. The number of amides is 1. The number of carboxylic acids is 1.